The Morgan fingerprint density at radius 1 is 1.07 bits per heavy atom. The first kappa shape index (κ1) is 20.8. The molecule has 0 unspecified atom stereocenters. The molecule has 0 atom stereocenters. The number of rotatable bonds is 3. The third-order valence-corrected chi connectivity index (χ3v) is 6.27. The van der Waals surface area contributed by atoms with Crippen molar-refractivity contribution >= 4 is 28.4 Å². The summed E-state index contributed by atoms with van der Waals surface area (Å²) in [6.07, 6.45) is 1.67. The second-order valence-corrected chi connectivity index (χ2v) is 8.25. The van der Waals surface area contributed by atoms with Crippen molar-refractivity contribution in [2.75, 3.05) is 18.4 Å². The van der Waals surface area contributed by atoms with Crippen molar-refractivity contribution in [2.24, 2.45) is 0 Å². The smallest absolute Gasteiger partial charge is 0.343 e. The van der Waals surface area contributed by atoms with Crippen molar-refractivity contribution in [3.8, 4) is 0 Å². The quantitative estimate of drug-likeness (QED) is 0.810. The van der Waals surface area contributed by atoms with E-state index in [1.54, 1.807) is 9.80 Å². The Kier molecular flexibility index (Phi) is 6.41. The summed E-state index contributed by atoms with van der Waals surface area (Å²) in [5.41, 5.74) is 0. The molecule has 3 rings (SSSR count). The number of anilines is 1. The molecule has 11 heteroatoms. The van der Waals surface area contributed by atoms with E-state index in [1.165, 1.54) is 6.92 Å². The van der Waals surface area contributed by atoms with Crippen LogP contribution >= 0.6 is 11.3 Å². The molecule has 2 fully saturated rings. The van der Waals surface area contributed by atoms with Gasteiger partial charge in [0, 0.05) is 32.1 Å². The highest BCUT2D eigenvalue weighted by atomic mass is 32.1. The van der Waals surface area contributed by atoms with Crippen LogP contribution in [0.15, 0.2) is 0 Å². The maximum Gasteiger partial charge on any atom is 0.445 e. The molecule has 3 amide bonds. The van der Waals surface area contributed by atoms with Gasteiger partial charge in [0.25, 0.3) is 0 Å². The normalized spacial score (nSPS) is 19.5. The van der Waals surface area contributed by atoms with E-state index in [2.05, 4.69) is 15.5 Å². The van der Waals surface area contributed by atoms with Crippen molar-refractivity contribution in [1.82, 2.24) is 20.0 Å². The maximum atomic E-state index is 13.0. The Morgan fingerprint density at radius 3 is 2.21 bits per heavy atom. The second kappa shape index (κ2) is 8.62. The van der Waals surface area contributed by atoms with Gasteiger partial charge in [-0.05, 0) is 25.7 Å². The lowest BCUT2D eigenvalue weighted by Crippen LogP contribution is -2.54. The van der Waals surface area contributed by atoms with E-state index < -0.39 is 17.2 Å². The molecule has 1 aromatic rings. The number of alkyl halides is 3. The average molecular weight is 419 g/mol. The van der Waals surface area contributed by atoms with E-state index in [0.29, 0.717) is 37.3 Å². The van der Waals surface area contributed by atoms with Crippen LogP contribution in [-0.2, 0) is 11.0 Å². The summed E-state index contributed by atoms with van der Waals surface area (Å²) in [5, 5.41) is 7.87. The Morgan fingerprint density at radius 2 is 1.68 bits per heavy atom. The highest BCUT2D eigenvalue weighted by molar-refractivity contribution is 7.15. The van der Waals surface area contributed by atoms with Crippen LogP contribution < -0.4 is 5.32 Å². The molecular weight excluding hydrogens is 395 g/mol. The SMILES string of the molecule is CC(=O)N1CCC(N(C(=O)Nc2nnc(C(F)(F)F)s2)C2CCCCC2)CC1. The van der Waals surface area contributed by atoms with Crippen LogP contribution in [-0.4, -0.2) is 57.1 Å². The number of aromatic nitrogens is 2. The van der Waals surface area contributed by atoms with Gasteiger partial charge >= 0.3 is 12.2 Å². The molecule has 1 aromatic heterocycles. The first-order valence-electron chi connectivity index (χ1n) is 9.51. The van der Waals surface area contributed by atoms with Gasteiger partial charge in [-0.15, -0.1) is 10.2 Å². The van der Waals surface area contributed by atoms with Gasteiger partial charge in [0.05, 0.1) is 0 Å². The minimum Gasteiger partial charge on any atom is -0.343 e. The lowest BCUT2D eigenvalue weighted by Gasteiger charge is -2.43. The van der Waals surface area contributed by atoms with Gasteiger partial charge in [-0.25, -0.2) is 4.79 Å². The van der Waals surface area contributed by atoms with E-state index in [-0.39, 0.29) is 23.1 Å². The third-order valence-electron chi connectivity index (χ3n) is 5.39. The minimum atomic E-state index is -4.58. The van der Waals surface area contributed by atoms with Crippen molar-refractivity contribution in [1.29, 1.82) is 0 Å². The second-order valence-electron chi connectivity index (χ2n) is 7.28. The lowest BCUT2D eigenvalue weighted by molar-refractivity contribution is -0.138. The van der Waals surface area contributed by atoms with Crippen LogP contribution in [0.4, 0.5) is 23.1 Å². The fourth-order valence-electron chi connectivity index (χ4n) is 3.99. The molecule has 0 aromatic carbocycles. The molecule has 1 aliphatic heterocycles. The van der Waals surface area contributed by atoms with Crippen LogP contribution in [0.3, 0.4) is 0 Å². The van der Waals surface area contributed by atoms with Crippen molar-refractivity contribution in [3.63, 3.8) is 0 Å². The fourth-order valence-corrected chi connectivity index (χ4v) is 4.59. The lowest BCUT2D eigenvalue weighted by atomic mass is 9.91. The topological polar surface area (TPSA) is 78.4 Å². The van der Waals surface area contributed by atoms with Crippen LogP contribution in [0.2, 0.25) is 0 Å². The summed E-state index contributed by atoms with van der Waals surface area (Å²) >= 11 is 0.324. The summed E-state index contributed by atoms with van der Waals surface area (Å²) in [5.74, 6) is 0.0145. The number of piperidine rings is 1. The maximum absolute atomic E-state index is 13.0. The number of nitrogens with one attached hydrogen (secondary N) is 1. The number of urea groups is 1. The number of amides is 3. The molecule has 1 N–H and O–H groups in total. The standard InChI is InChI=1S/C17H24F3N5O2S/c1-11(26)24-9-7-13(8-10-24)25(12-5-3-2-4-6-12)16(27)21-15-23-22-14(28-15)17(18,19)20/h12-13H,2-10H2,1H3,(H,21,23,27). The average Bonchev–Trinajstić information content (AvgIpc) is 3.12. The van der Waals surface area contributed by atoms with Crippen LogP contribution in [0.5, 0.6) is 0 Å². The van der Waals surface area contributed by atoms with Gasteiger partial charge in [0.15, 0.2) is 0 Å². The Labute approximate surface area is 165 Å². The molecule has 1 saturated heterocycles. The summed E-state index contributed by atoms with van der Waals surface area (Å²) in [7, 11) is 0. The third kappa shape index (κ3) is 4.92. The fraction of sp³-hybridized carbons (Fsp3) is 0.765. The molecule has 2 aliphatic rings. The van der Waals surface area contributed by atoms with Gasteiger partial charge in [-0.2, -0.15) is 13.2 Å². The molecular formula is C17H24F3N5O2S. The molecule has 1 saturated carbocycles. The van der Waals surface area contributed by atoms with Gasteiger partial charge in [-0.1, -0.05) is 30.6 Å². The number of hydrogen-bond acceptors (Lipinski definition) is 5. The number of halogens is 3. The molecule has 0 radical (unpaired) electrons. The first-order chi connectivity index (χ1) is 13.3. The Bertz CT molecular complexity index is 697. The molecule has 7 nitrogen and oxygen atoms in total. The predicted molar refractivity (Wildman–Crippen MR) is 97.9 cm³/mol. The molecule has 1 aliphatic carbocycles. The van der Waals surface area contributed by atoms with E-state index in [9.17, 15) is 22.8 Å². The summed E-state index contributed by atoms with van der Waals surface area (Å²) < 4.78 is 38.2. The zero-order chi connectivity index (χ0) is 20.3. The first-order valence-corrected chi connectivity index (χ1v) is 10.3. The van der Waals surface area contributed by atoms with E-state index in [0.717, 1.165) is 32.1 Å². The summed E-state index contributed by atoms with van der Waals surface area (Å²) in [4.78, 5) is 28.1. The zero-order valence-corrected chi connectivity index (χ0v) is 16.5. The molecule has 0 spiro atoms. The Balaban J connectivity index is 1.72. The highest BCUT2D eigenvalue weighted by Crippen LogP contribution is 2.34. The Hall–Kier alpha value is -1.91. The van der Waals surface area contributed by atoms with Crippen LogP contribution in [0.1, 0.15) is 56.9 Å². The van der Waals surface area contributed by atoms with Gasteiger partial charge < -0.3 is 9.80 Å². The largest absolute Gasteiger partial charge is 0.445 e. The van der Waals surface area contributed by atoms with Crippen LogP contribution in [0, 0.1) is 0 Å². The van der Waals surface area contributed by atoms with E-state index >= 15 is 0 Å². The number of carbonyl (C=O) groups is 2. The van der Waals surface area contributed by atoms with Gasteiger partial charge in [-0.3, -0.25) is 10.1 Å². The van der Waals surface area contributed by atoms with Crippen molar-refractivity contribution in [2.45, 2.75) is 70.1 Å². The van der Waals surface area contributed by atoms with Crippen LogP contribution in [0.25, 0.3) is 0 Å². The minimum absolute atomic E-state index is 0.0145. The highest BCUT2D eigenvalue weighted by Gasteiger charge is 2.37. The monoisotopic (exact) mass is 419 g/mol. The predicted octanol–water partition coefficient (Wildman–Crippen LogP) is 3.73. The van der Waals surface area contributed by atoms with Crippen molar-refractivity contribution in [3.05, 3.63) is 5.01 Å². The summed E-state index contributed by atoms with van der Waals surface area (Å²) in [6, 6.07) is -0.426. The van der Waals surface area contributed by atoms with Gasteiger partial charge in [0.2, 0.25) is 16.0 Å². The molecule has 0 bridgehead atoms. The number of carbonyl (C=O) groups excluding carboxylic acids is 2. The molecule has 28 heavy (non-hydrogen) atoms. The summed E-state index contributed by atoms with van der Waals surface area (Å²) in [6.45, 7) is 2.68. The molecule has 2 heterocycles. The van der Waals surface area contributed by atoms with E-state index in [1.807, 2.05) is 0 Å². The number of nitrogens with zero attached hydrogens (tertiary/aromatic N) is 4. The molecule has 156 valence electrons. The van der Waals surface area contributed by atoms with Gasteiger partial charge in [0.1, 0.15) is 0 Å². The number of hydrogen-bond donors (Lipinski definition) is 1. The van der Waals surface area contributed by atoms with E-state index in [4.69, 9.17) is 0 Å². The van der Waals surface area contributed by atoms with Crippen molar-refractivity contribution < 1.29 is 22.8 Å². The number of likely N-dealkylation sites (tertiary alicyclic amines) is 1. The zero-order valence-electron chi connectivity index (χ0n) is 15.7.